The predicted octanol–water partition coefficient (Wildman–Crippen LogP) is 3.19. The first-order valence-electron chi connectivity index (χ1n) is 5.33. The summed E-state index contributed by atoms with van der Waals surface area (Å²) in [6.07, 6.45) is 0.207. The van der Waals surface area contributed by atoms with Crippen LogP contribution in [0.5, 0.6) is 5.75 Å². The lowest BCUT2D eigenvalue weighted by atomic mass is 10.0. The maximum atomic E-state index is 5.85. The Bertz CT molecular complexity index is 378. The monoisotopic (exact) mass is 269 g/mol. The molecule has 0 aromatic heterocycles. The smallest absolute Gasteiger partial charge is 0.138 e. The molecule has 2 rings (SSSR count). The van der Waals surface area contributed by atoms with E-state index in [2.05, 4.69) is 54.2 Å². The molecule has 2 nitrogen and oxygen atoms in total. The molecule has 2 atom stereocenters. The minimum atomic E-state index is 0.207. The fourth-order valence-electron chi connectivity index (χ4n) is 2.11. The van der Waals surface area contributed by atoms with E-state index in [1.165, 1.54) is 11.1 Å². The van der Waals surface area contributed by atoms with Crippen molar-refractivity contribution in [2.75, 3.05) is 6.54 Å². The highest BCUT2D eigenvalue weighted by atomic mass is 79.9. The maximum Gasteiger partial charge on any atom is 0.138 e. The highest BCUT2D eigenvalue weighted by Crippen LogP contribution is 2.42. The first kappa shape index (κ1) is 11.0. The number of aryl methyl sites for hydroxylation is 1. The lowest BCUT2D eigenvalue weighted by Crippen LogP contribution is -2.28. The molecular formula is C12H16BrNO. The Kier molecular flexibility index (Phi) is 3.03. The molecule has 1 aliphatic heterocycles. The van der Waals surface area contributed by atoms with Crippen molar-refractivity contribution < 1.29 is 4.74 Å². The van der Waals surface area contributed by atoms with Crippen LogP contribution in [0.2, 0.25) is 0 Å². The first-order valence-corrected chi connectivity index (χ1v) is 6.13. The number of likely N-dealkylation sites (N-methyl/N-ethyl adjacent to an activating group) is 1. The number of rotatable bonds is 2. The average molecular weight is 270 g/mol. The standard InChI is InChI=1S/C12H16BrNO/c1-4-14-11-8(3)15-12-9(11)5-7(2)6-10(12)13/h5-6,8,11,14H,4H2,1-3H3. The zero-order valence-corrected chi connectivity index (χ0v) is 10.9. The van der Waals surface area contributed by atoms with Crippen LogP contribution in [0.15, 0.2) is 16.6 Å². The Labute approximate surface area is 99.1 Å². The molecule has 1 N–H and O–H groups in total. The van der Waals surface area contributed by atoms with Gasteiger partial charge in [0.2, 0.25) is 0 Å². The number of hydrogen-bond acceptors (Lipinski definition) is 2. The molecule has 0 radical (unpaired) electrons. The summed E-state index contributed by atoms with van der Waals surface area (Å²) in [4.78, 5) is 0. The van der Waals surface area contributed by atoms with Crippen LogP contribution in [0.4, 0.5) is 0 Å². The van der Waals surface area contributed by atoms with E-state index in [4.69, 9.17) is 4.74 Å². The van der Waals surface area contributed by atoms with Crippen molar-refractivity contribution in [2.24, 2.45) is 0 Å². The van der Waals surface area contributed by atoms with Gasteiger partial charge in [-0.2, -0.15) is 0 Å². The molecule has 1 aromatic rings. The molecule has 0 saturated heterocycles. The topological polar surface area (TPSA) is 21.3 Å². The third-order valence-electron chi connectivity index (χ3n) is 2.75. The predicted molar refractivity (Wildman–Crippen MR) is 65.4 cm³/mol. The van der Waals surface area contributed by atoms with Crippen LogP contribution < -0.4 is 10.1 Å². The van der Waals surface area contributed by atoms with Gasteiger partial charge in [0.25, 0.3) is 0 Å². The number of nitrogens with one attached hydrogen (secondary N) is 1. The number of ether oxygens (including phenoxy) is 1. The maximum absolute atomic E-state index is 5.85. The normalized spacial score (nSPS) is 23.7. The van der Waals surface area contributed by atoms with Crippen molar-refractivity contribution >= 4 is 15.9 Å². The van der Waals surface area contributed by atoms with Crippen LogP contribution >= 0.6 is 15.9 Å². The van der Waals surface area contributed by atoms with Crippen LogP contribution in [0, 0.1) is 6.92 Å². The van der Waals surface area contributed by atoms with Gasteiger partial charge in [-0.1, -0.05) is 13.0 Å². The van der Waals surface area contributed by atoms with Gasteiger partial charge in [-0.05, 0) is 48.0 Å². The van der Waals surface area contributed by atoms with E-state index in [0.717, 1.165) is 16.8 Å². The first-order chi connectivity index (χ1) is 7.13. The Balaban J connectivity index is 2.43. The molecule has 15 heavy (non-hydrogen) atoms. The molecule has 0 spiro atoms. The Morgan fingerprint density at radius 2 is 2.20 bits per heavy atom. The Morgan fingerprint density at radius 3 is 2.87 bits per heavy atom. The Hall–Kier alpha value is -0.540. The number of benzene rings is 1. The highest BCUT2D eigenvalue weighted by molar-refractivity contribution is 9.10. The summed E-state index contributed by atoms with van der Waals surface area (Å²) < 4.78 is 6.91. The zero-order chi connectivity index (χ0) is 11.0. The van der Waals surface area contributed by atoms with Gasteiger partial charge in [-0.15, -0.1) is 0 Å². The SMILES string of the molecule is CCNC1c2cc(C)cc(Br)c2OC1C. The molecule has 0 amide bonds. The molecule has 0 bridgehead atoms. The van der Waals surface area contributed by atoms with Gasteiger partial charge in [0.05, 0.1) is 10.5 Å². The van der Waals surface area contributed by atoms with Crippen LogP contribution in [0.25, 0.3) is 0 Å². The van der Waals surface area contributed by atoms with Crippen molar-refractivity contribution in [1.82, 2.24) is 5.32 Å². The van der Waals surface area contributed by atoms with E-state index in [0.29, 0.717) is 6.04 Å². The van der Waals surface area contributed by atoms with Crippen molar-refractivity contribution in [2.45, 2.75) is 32.9 Å². The number of hydrogen-bond donors (Lipinski definition) is 1. The van der Waals surface area contributed by atoms with E-state index >= 15 is 0 Å². The zero-order valence-electron chi connectivity index (χ0n) is 9.30. The van der Waals surface area contributed by atoms with Gasteiger partial charge < -0.3 is 10.1 Å². The summed E-state index contributed by atoms with van der Waals surface area (Å²) in [6, 6.07) is 4.62. The number of halogens is 1. The largest absolute Gasteiger partial charge is 0.487 e. The second kappa shape index (κ2) is 4.14. The van der Waals surface area contributed by atoms with Crippen molar-refractivity contribution in [3.63, 3.8) is 0 Å². The van der Waals surface area contributed by atoms with Gasteiger partial charge in [-0.25, -0.2) is 0 Å². The highest BCUT2D eigenvalue weighted by Gasteiger charge is 2.32. The van der Waals surface area contributed by atoms with E-state index in [-0.39, 0.29) is 6.10 Å². The fourth-order valence-corrected chi connectivity index (χ4v) is 2.80. The molecule has 1 aromatic carbocycles. The molecule has 0 saturated carbocycles. The van der Waals surface area contributed by atoms with Crippen LogP contribution in [0.1, 0.15) is 31.0 Å². The second-order valence-electron chi connectivity index (χ2n) is 4.02. The molecule has 3 heteroatoms. The third kappa shape index (κ3) is 1.91. The fraction of sp³-hybridized carbons (Fsp3) is 0.500. The molecule has 1 heterocycles. The van der Waals surface area contributed by atoms with Gasteiger partial charge in [0.15, 0.2) is 0 Å². The number of fused-ring (bicyclic) bond motifs is 1. The lowest BCUT2D eigenvalue weighted by Gasteiger charge is -2.15. The summed E-state index contributed by atoms with van der Waals surface area (Å²) in [5, 5.41) is 3.46. The van der Waals surface area contributed by atoms with E-state index < -0.39 is 0 Å². The summed E-state index contributed by atoms with van der Waals surface area (Å²) in [6.45, 7) is 7.30. The Morgan fingerprint density at radius 1 is 1.47 bits per heavy atom. The summed E-state index contributed by atoms with van der Waals surface area (Å²) in [5.41, 5.74) is 2.54. The molecule has 2 unspecified atom stereocenters. The minimum absolute atomic E-state index is 0.207. The van der Waals surface area contributed by atoms with Gasteiger partial charge in [0.1, 0.15) is 11.9 Å². The third-order valence-corrected chi connectivity index (χ3v) is 3.34. The van der Waals surface area contributed by atoms with E-state index in [1.807, 2.05) is 0 Å². The molecule has 0 fully saturated rings. The van der Waals surface area contributed by atoms with Gasteiger partial charge in [-0.3, -0.25) is 0 Å². The second-order valence-corrected chi connectivity index (χ2v) is 4.88. The molecule has 0 aliphatic carbocycles. The molecule has 1 aliphatic rings. The van der Waals surface area contributed by atoms with Gasteiger partial charge >= 0.3 is 0 Å². The summed E-state index contributed by atoms with van der Waals surface area (Å²) >= 11 is 3.55. The van der Waals surface area contributed by atoms with E-state index in [9.17, 15) is 0 Å². The minimum Gasteiger partial charge on any atom is -0.487 e. The summed E-state index contributed by atoms with van der Waals surface area (Å²) in [5.74, 6) is 0.999. The van der Waals surface area contributed by atoms with Gasteiger partial charge in [0, 0.05) is 5.56 Å². The quantitative estimate of drug-likeness (QED) is 0.891. The molecular weight excluding hydrogens is 254 g/mol. The van der Waals surface area contributed by atoms with Crippen LogP contribution in [-0.2, 0) is 0 Å². The van der Waals surface area contributed by atoms with Crippen molar-refractivity contribution in [1.29, 1.82) is 0 Å². The summed E-state index contributed by atoms with van der Waals surface area (Å²) in [7, 11) is 0. The van der Waals surface area contributed by atoms with Crippen LogP contribution in [-0.4, -0.2) is 12.6 Å². The van der Waals surface area contributed by atoms with Crippen LogP contribution in [0.3, 0.4) is 0 Å². The lowest BCUT2D eigenvalue weighted by molar-refractivity contribution is 0.210. The molecule has 82 valence electrons. The van der Waals surface area contributed by atoms with E-state index in [1.54, 1.807) is 0 Å². The van der Waals surface area contributed by atoms with Crippen molar-refractivity contribution in [3.05, 3.63) is 27.7 Å². The average Bonchev–Trinajstić information content (AvgIpc) is 2.46. The van der Waals surface area contributed by atoms with Crippen molar-refractivity contribution in [3.8, 4) is 5.75 Å².